The summed E-state index contributed by atoms with van der Waals surface area (Å²) in [7, 11) is 0. The Balaban J connectivity index is 1.66. The van der Waals surface area contributed by atoms with E-state index in [0.29, 0.717) is 0 Å². The Labute approximate surface area is 180 Å². The summed E-state index contributed by atoms with van der Waals surface area (Å²) in [5.41, 5.74) is -0.258. The summed E-state index contributed by atoms with van der Waals surface area (Å²) in [6.07, 6.45) is 3.30. The third-order valence-corrected chi connectivity index (χ3v) is 5.54. The Kier molecular flexibility index (Phi) is 7.43. The van der Waals surface area contributed by atoms with Gasteiger partial charge in [0, 0.05) is 19.2 Å². The number of nitrogens with zero attached hydrogens (tertiary/aromatic N) is 2. The maximum Gasteiger partial charge on any atom is 0.310 e. The van der Waals surface area contributed by atoms with Crippen LogP contribution in [0.4, 0.5) is 5.69 Å². The lowest BCUT2D eigenvalue weighted by atomic mass is 9.98. The number of piperazine rings is 1. The first kappa shape index (κ1) is 22.5. The number of ether oxygens (including phenoxy) is 2. The molecule has 0 radical (unpaired) electrons. The standard InChI is InChI=1S/C21H27N3O7/c1-14(30-18-10-6-5-9-16(18)24(28)29)21(27)23-12-11-22-20(26)17(23)13-19(25)31-15-7-3-2-4-8-15/h5-6,9-10,14-15,17H,2-4,7-8,11-13H2,1H3,(H,22,26). The predicted octanol–water partition coefficient (Wildman–Crippen LogP) is 1.96. The van der Waals surface area contributed by atoms with E-state index in [9.17, 15) is 24.5 Å². The lowest BCUT2D eigenvalue weighted by molar-refractivity contribution is -0.386. The number of nitro benzene ring substituents is 1. The third kappa shape index (κ3) is 5.71. The maximum absolute atomic E-state index is 13.0. The van der Waals surface area contributed by atoms with Crippen molar-refractivity contribution in [2.45, 2.75) is 63.7 Å². The first-order valence-electron chi connectivity index (χ1n) is 10.5. The number of amides is 2. The smallest absolute Gasteiger partial charge is 0.310 e. The molecule has 1 aromatic rings. The molecule has 1 N–H and O–H groups in total. The van der Waals surface area contributed by atoms with Gasteiger partial charge in [-0.05, 0) is 38.7 Å². The maximum atomic E-state index is 13.0. The number of hydrogen-bond donors (Lipinski definition) is 1. The van der Waals surface area contributed by atoms with E-state index < -0.39 is 34.9 Å². The van der Waals surface area contributed by atoms with Crippen molar-refractivity contribution in [1.82, 2.24) is 10.2 Å². The van der Waals surface area contributed by atoms with Gasteiger partial charge in [-0.2, -0.15) is 0 Å². The van der Waals surface area contributed by atoms with Gasteiger partial charge in [0.15, 0.2) is 11.9 Å². The first-order valence-corrected chi connectivity index (χ1v) is 10.5. The van der Waals surface area contributed by atoms with Crippen LogP contribution in [0.2, 0.25) is 0 Å². The Morgan fingerprint density at radius 2 is 1.97 bits per heavy atom. The Morgan fingerprint density at radius 1 is 1.26 bits per heavy atom. The van der Waals surface area contributed by atoms with E-state index in [2.05, 4.69) is 5.32 Å². The van der Waals surface area contributed by atoms with Crippen molar-refractivity contribution in [2.75, 3.05) is 13.1 Å². The van der Waals surface area contributed by atoms with Gasteiger partial charge in [-0.15, -0.1) is 0 Å². The van der Waals surface area contributed by atoms with Crippen LogP contribution in [0.1, 0.15) is 45.4 Å². The molecule has 31 heavy (non-hydrogen) atoms. The zero-order valence-corrected chi connectivity index (χ0v) is 17.5. The van der Waals surface area contributed by atoms with Crippen molar-refractivity contribution in [1.29, 1.82) is 0 Å². The molecule has 1 heterocycles. The molecule has 0 spiro atoms. The van der Waals surface area contributed by atoms with Crippen LogP contribution in [-0.4, -0.2) is 58.9 Å². The molecule has 0 bridgehead atoms. The van der Waals surface area contributed by atoms with Crippen LogP contribution in [0.5, 0.6) is 5.75 Å². The highest BCUT2D eigenvalue weighted by atomic mass is 16.6. The van der Waals surface area contributed by atoms with Gasteiger partial charge in [0.2, 0.25) is 5.91 Å². The normalized spacial score (nSPS) is 20.5. The molecule has 0 aromatic heterocycles. The molecular weight excluding hydrogens is 406 g/mol. The number of nitro groups is 1. The third-order valence-electron chi connectivity index (χ3n) is 5.54. The number of hydrogen-bond acceptors (Lipinski definition) is 7. The highest BCUT2D eigenvalue weighted by Crippen LogP contribution is 2.27. The van der Waals surface area contributed by atoms with E-state index >= 15 is 0 Å². The van der Waals surface area contributed by atoms with Crippen LogP contribution < -0.4 is 10.1 Å². The quantitative estimate of drug-likeness (QED) is 0.395. The summed E-state index contributed by atoms with van der Waals surface area (Å²) >= 11 is 0. The highest BCUT2D eigenvalue weighted by molar-refractivity contribution is 5.93. The minimum Gasteiger partial charge on any atom is -0.474 e. The van der Waals surface area contributed by atoms with Crippen molar-refractivity contribution in [3.63, 3.8) is 0 Å². The number of esters is 1. The zero-order chi connectivity index (χ0) is 22.4. The van der Waals surface area contributed by atoms with Gasteiger partial charge in [0.1, 0.15) is 12.1 Å². The summed E-state index contributed by atoms with van der Waals surface area (Å²) in [6, 6.07) is 4.75. The Morgan fingerprint density at radius 3 is 2.68 bits per heavy atom. The Bertz CT molecular complexity index is 838. The van der Waals surface area contributed by atoms with Gasteiger partial charge in [-0.1, -0.05) is 18.6 Å². The van der Waals surface area contributed by atoms with E-state index in [-0.39, 0.29) is 37.1 Å². The van der Waals surface area contributed by atoms with Crippen LogP contribution in [-0.2, 0) is 19.1 Å². The number of carbonyl (C=O) groups is 3. The van der Waals surface area contributed by atoms with Crippen LogP contribution in [0.25, 0.3) is 0 Å². The lowest BCUT2D eigenvalue weighted by Gasteiger charge is -2.36. The zero-order valence-electron chi connectivity index (χ0n) is 17.5. The van der Waals surface area contributed by atoms with Crippen molar-refractivity contribution < 1.29 is 28.8 Å². The highest BCUT2D eigenvalue weighted by Gasteiger charge is 2.38. The number of rotatable bonds is 7. The molecule has 2 aliphatic rings. The Hall–Kier alpha value is -3.17. The number of para-hydroxylation sites is 2. The van der Waals surface area contributed by atoms with E-state index in [1.54, 1.807) is 6.07 Å². The summed E-state index contributed by atoms with van der Waals surface area (Å²) < 4.78 is 11.1. The molecule has 10 heteroatoms. The van der Waals surface area contributed by atoms with Crippen LogP contribution >= 0.6 is 0 Å². The second kappa shape index (κ2) is 10.2. The van der Waals surface area contributed by atoms with Crippen LogP contribution in [0, 0.1) is 10.1 Å². The molecule has 2 unspecified atom stereocenters. The van der Waals surface area contributed by atoms with E-state index in [4.69, 9.17) is 9.47 Å². The molecule has 2 atom stereocenters. The fourth-order valence-corrected chi connectivity index (χ4v) is 3.94. The van der Waals surface area contributed by atoms with Gasteiger partial charge in [-0.25, -0.2) is 0 Å². The molecule has 1 saturated heterocycles. The van der Waals surface area contributed by atoms with E-state index in [1.807, 2.05) is 0 Å². The number of nitrogens with one attached hydrogen (secondary N) is 1. The molecule has 168 valence electrons. The van der Waals surface area contributed by atoms with Crippen molar-refractivity contribution in [2.24, 2.45) is 0 Å². The molecule has 2 fully saturated rings. The van der Waals surface area contributed by atoms with Crippen molar-refractivity contribution in [3.05, 3.63) is 34.4 Å². The minimum absolute atomic E-state index is 0.0388. The topological polar surface area (TPSA) is 128 Å². The predicted molar refractivity (Wildman–Crippen MR) is 109 cm³/mol. The van der Waals surface area contributed by atoms with Crippen LogP contribution in [0.3, 0.4) is 0 Å². The van der Waals surface area contributed by atoms with E-state index in [0.717, 1.165) is 32.1 Å². The largest absolute Gasteiger partial charge is 0.474 e. The fraction of sp³-hybridized carbons (Fsp3) is 0.571. The summed E-state index contributed by atoms with van der Waals surface area (Å²) in [5.74, 6) is -1.51. The average molecular weight is 433 g/mol. The second-order valence-electron chi connectivity index (χ2n) is 7.78. The monoisotopic (exact) mass is 433 g/mol. The summed E-state index contributed by atoms with van der Waals surface area (Å²) in [6.45, 7) is 1.91. The van der Waals surface area contributed by atoms with Crippen molar-refractivity contribution in [3.8, 4) is 5.75 Å². The van der Waals surface area contributed by atoms with Gasteiger partial charge >= 0.3 is 11.7 Å². The lowest BCUT2D eigenvalue weighted by Crippen LogP contribution is -2.60. The molecular formula is C21H27N3O7. The molecule has 1 aromatic carbocycles. The molecule has 1 saturated carbocycles. The van der Waals surface area contributed by atoms with Gasteiger partial charge < -0.3 is 19.7 Å². The summed E-state index contributed by atoms with van der Waals surface area (Å²) in [5, 5.41) is 13.8. The number of carbonyl (C=O) groups excluding carboxylic acids is 3. The van der Waals surface area contributed by atoms with E-state index in [1.165, 1.54) is 30.0 Å². The SMILES string of the molecule is CC(Oc1ccccc1[N+](=O)[O-])C(=O)N1CCNC(=O)C1CC(=O)OC1CCCCC1. The minimum atomic E-state index is -1.08. The fourth-order valence-electron chi connectivity index (χ4n) is 3.94. The summed E-state index contributed by atoms with van der Waals surface area (Å²) in [4.78, 5) is 49.7. The first-order chi connectivity index (χ1) is 14.9. The molecule has 10 nitrogen and oxygen atoms in total. The average Bonchev–Trinajstić information content (AvgIpc) is 2.75. The molecule has 1 aliphatic heterocycles. The van der Waals surface area contributed by atoms with Gasteiger partial charge in [0.05, 0.1) is 11.3 Å². The second-order valence-corrected chi connectivity index (χ2v) is 7.78. The number of benzene rings is 1. The molecule has 2 amide bonds. The van der Waals surface area contributed by atoms with Crippen LogP contribution in [0.15, 0.2) is 24.3 Å². The molecule has 3 rings (SSSR count). The van der Waals surface area contributed by atoms with Gasteiger partial charge in [-0.3, -0.25) is 24.5 Å². The molecule has 1 aliphatic carbocycles. The van der Waals surface area contributed by atoms with Crippen molar-refractivity contribution >= 4 is 23.5 Å². The van der Waals surface area contributed by atoms with Gasteiger partial charge in [0.25, 0.3) is 5.91 Å².